The van der Waals surface area contributed by atoms with E-state index in [1.165, 1.54) is 0 Å². The van der Waals surface area contributed by atoms with Gasteiger partial charge in [-0.25, -0.2) is 0 Å². The zero-order valence-electron chi connectivity index (χ0n) is 5.49. The van der Waals surface area contributed by atoms with Gasteiger partial charge in [-0.2, -0.15) is 0 Å². The van der Waals surface area contributed by atoms with Crippen LogP contribution in [0, 0.1) is 0 Å². The predicted octanol–water partition coefficient (Wildman–Crippen LogP) is 0.345. The van der Waals surface area contributed by atoms with Crippen molar-refractivity contribution in [3.63, 3.8) is 0 Å². The summed E-state index contributed by atoms with van der Waals surface area (Å²) in [6.07, 6.45) is -0.549. The molecule has 0 aromatic rings. The van der Waals surface area contributed by atoms with Gasteiger partial charge in [0.05, 0.1) is 0 Å². The molecule has 0 aliphatic carbocycles. The van der Waals surface area contributed by atoms with Crippen molar-refractivity contribution in [1.29, 1.82) is 0 Å². The monoisotopic (exact) mass is 156 g/mol. The Morgan fingerprint density at radius 3 is 2.30 bits per heavy atom. The van der Waals surface area contributed by atoms with Gasteiger partial charge in [0, 0.05) is 6.61 Å². The van der Waals surface area contributed by atoms with E-state index < -0.39 is 13.4 Å². The quantitative estimate of drug-likeness (QED) is 0.444. The van der Waals surface area contributed by atoms with Gasteiger partial charge < -0.3 is 23.4 Å². The minimum absolute atomic E-state index is 0.0716. The smallest absolute Gasteiger partial charge is 0.448 e. The zero-order chi connectivity index (χ0) is 8.04. The van der Waals surface area contributed by atoms with Gasteiger partial charge in [-0.15, -0.1) is 0 Å². The fraction of sp³-hybridized carbons (Fsp3) is 1.00. The molecule has 0 aromatic carbocycles. The van der Waals surface area contributed by atoms with Crippen molar-refractivity contribution in [2.24, 2.45) is 0 Å². The molecule has 6 heteroatoms. The lowest BCUT2D eigenvalue weighted by molar-refractivity contribution is 0.286. The third kappa shape index (κ3) is 7.77. The third-order valence-electron chi connectivity index (χ3n) is 0.887. The maximum absolute atomic E-state index is 11.4. The van der Waals surface area contributed by atoms with Crippen molar-refractivity contribution in [3.8, 4) is 0 Å². The largest absolute Gasteiger partial charge is 0.491 e. The average molecular weight is 156 g/mol. The molecule has 0 atom stereocenters. The number of nitrogens with one attached hydrogen (secondary N) is 1. The van der Waals surface area contributed by atoms with Crippen LogP contribution in [0.15, 0.2) is 0 Å². The lowest BCUT2D eigenvalue weighted by Gasteiger charge is -2.13. The molecule has 0 rings (SSSR count). The molecule has 2 nitrogen and oxygen atoms in total. The van der Waals surface area contributed by atoms with E-state index in [1.807, 2.05) is 0 Å². The van der Waals surface area contributed by atoms with E-state index in [1.54, 1.807) is 0 Å². The number of hydrogen-bond donors (Lipinski definition) is 2. The Hall–Kier alpha value is -0.225. The SMILES string of the molecule is OCCCNC[B-](F)(F)F. The van der Waals surface area contributed by atoms with Crippen molar-refractivity contribution in [1.82, 2.24) is 5.32 Å². The Morgan fingerprint density at radius 2 is 1.90 bits per heavy atom. The summed E-state index contributed by atoms with van der Waals surface area (Å²) in [5.74, 6) is 0. The molecule has 0 spiro atoms. The summed E-state index contributed by atoms with van der Waals surface area (Å²) in [5.41, 5.74) is 0. The van der Waals surface area contributed by atoms with Gasteiger partial charge in [0.2, 0.25) is 0 Å². The molecule has 0 radical (unpaired) electrons. The van der Waals surface area contributed by atoms with Crippen LogP contribution in [0.2, 0.25) is 0 Å². The summed E-state index contributed by atoms with van der Waals surface area (Å²) in [6, 6.07) is 0. The Bertz CT molecular complexity index is 87.1. The standard InChI is InChI=1S/C4H10BF3NO/c6-5(7,8)4-9-2-1-3-10/h9-10H,1-4H2/q-1. The van der Waals surface area contributed by atoms with Crippen LogP contribution in [0.25, 0.3) is 0 Å². The second kappa shape index (κ2) is 4.57. The first-order valence-electron chi connectivity index (χ1n) is 3.09. The molecule has 0 bridgehead atoms. The topological polar surface area (TPSA) is 32.3 Å². The second-order valence-electron chi connectivity index (χ2n) is 1.99. The lowest BCUT2D eigenvalue weighted by Crippen LogP contribution is -2.34. The van der Waals surface area contributed by atoms with Gasteiger partial charge in [-0.1, -0.05) is 0 Å². The summed E-state index contributed by atoms with van der Waals surface area (Å²) in [4.78, 5) is 0. The van der Waals surface area contributed by atoms with Crippen LogP contribution in [-0.4, -0.2) is 31.7 Å². The van der Waals surface area contributed by atoms with E-state index in [0.717, 1.165) is 0 Å². The van der Waals surface area contributed by atoms with Crippen LogP contribution >= 0.6 is 0 Å². The summed E-state index contributed by atoms with van der Waals surface area (Å²) in [6.45, 7) is -4.56. The first kappa shape index (κ1) is 9.77. The zero-order valence-corrected chi connectivity index (χ0v) is 5.49. The molecule has 0 aliphatic heterocycles. The number of halogens is 3. The van der Waals surface area contributed by atoms with E-state index in [2.05, 4.69) is 5.32 Å². The van der Waals surface area contributed by atoms with Crippen LogP contribution < -0.4 is 5.32 Å². The first-order valence-corrected chi connectivity index (χ1v) is 3.09. The fourth-order valence-corrected chi connectivity index (χ4v) is 0.470. The van der Waals surface area contributed by atoms with Crippen LogP contribution in [0.5, 0.6) is 0 Å². The highest BCUT2D eigenvalue weighted by Gasteiger charge is 2.21. The first-order chi connectivity index (χ1) is 4.56. The molecule has 0 aromatic heterocycles. The van der Waals surface area contributed by atoms with Crippen LogP contribution in [0.1, 0.15) is 6.42 Å². The van der Waals surface area contributed by atoms with Crippen LogP contribution in [-0.2, 0) is 0 Å². The summed E-state index contributed by atoms with van der Waals surface area (Å²) in [7, 11) is 0. The minimum Gasteiger partial charge on any atom is -0.448 e. The average Bonchev–Trinajstić information content (AvgIpc) is 1.78. The third-order valence-corrected chi connectivity index (χ3v) is 0.887. The van der Waals surface area contributed by atoms with Crippen molar-refractivity contribution < 1.29 is 18.1 Å². The maximum Gasteiger partial charge on any atom is 0.491 e. The number of rotatable bonds is 5. The van der Waals surface area contributed by atoms with E-state index in [4.69, 9.17) is 5.11 Å². The highest BCUT2D eigenvalue weighted by molar-refractivity contribution is 6.58. The summed E-state index contributed by atoms with van der Waals surface area (Å²) < 4.78 is 34.3. The second-order valence-corrected chi connectivity index (χ2v) is 1.99. The molecule has 0 saturated heterocycles. The van der Waals surface area contributed by atoms with Crippen LogP contribution in [0.4, 0.5) is 12.9 Å². The molecular formula is C4H10BF3NO-. The molecular weight excluding hydrogens is 146 g/mol. The molecule has 62 valence electrons. The van der Waals surface area contributed by atoms with E-state index in [0.29, 0.717) is 6.42 Å². The highest BCUT2D eigenvalue weighted by Crippen LogP contribution is 2.04. The van der Waals surface area contributed by atoms with Crippen molar-refractivity contribution in [3.05, 3.63) is 0 Å². The van der Waals surface area contributed by atoms with Crippen molar-refractivity contribution in [2.45, 2.75) is 6.42 Å². The molecule has 0 heterocycles. The van der Waals surface area contributed by atoms with Gasteiger partial charge >= 0.3 is 6.98 Å². The fourth-order valence-electron chi connectivity index (χ4n) is 0.470. The van der Waals surface area contributed by atoms with E-state index in [9.17, 15) is 12.9 Å². The van der Waals surface area contributed by atoms with Gasteiger partial charge in [-0.3, -0.25) is 0 Å². The molecule has 0 amide bonds. The molecule has 0 unspecified atom stereocenters. The molecule has 2 N–H and O–H groups in total. The summed E-state index contributed by atoms with van der Waals surface area (Å²) in [5, 5.41) is 10.3. The Labute approximate surface area is 57.5 Å². The number of aliphatic hydroxyl groups is 1. The minimum atomic E-state index is -4.71. The maximum atomic E-state index is 11.4. The van der Waals surface area contributed by atoms with Crippen LogP contribution in [0.3, 0.4) is 0 Å². The Balaban J connectivity index is 3.04. The van der Waals surface area contributed by atoms with Crippen molar-refractivity contribution in [2.75, 3.05) is 19.6 Å². The molecule has 0 fully saturated rings. The molecule has 10 heavy (non-hydrogen) atoms. The van der Waals surface area contributed by atoms with E-state index in [-0.39, 0.29) is 13.2 Å². The highest BCUT2D eigenvalue weighted by atomic mass is 19.4. The molecule has 0 saturated carbocycles. The number of hydrogen-bond acceptors (Lipinski definition) is 2. The van der Waals surface area contributed by atoms with Gasteiger partial charge in [0.1, 0.15) is 0 Å². The van der Waals surface area contributed by atoms with Gasteiger partial charge in [0.15, 0.2) is 0 Å². The van der Waals surface area contributed by atoms with Gasteiger partial charge in [0.25, 0.3) is 0 Å². The predicted molar refractivity (Wildman–Crippen MR) is 33.7 cm³/mol. The van der Waals surface area contributed by atoms with Gasteiger partial charge in [-0.05, 0) is 19.4 Å². The Morgan fingerprint density at radius 1 is 1.30 bits per heavy atom. The number of aliphatic hydroxyl groups excluding tert-OH is 1. The summed E-state index contributed by atoms with van der Waals surface area (Å²) >= 11 is 0. The lowest BCUT2D eigenvalue weighted by atomic mass is 9.92. The Kier molecular flexibility index (Phi) is 4.47. The normalized spacial score (nSPS) is 12.0. The molecule has 0 aliphatic rings. The van der Waals surface area contributed by atoms with Crippen molar-refractivity contribution >= 4 is 6.98 Å². The van der Waals surface area contributed by atoms with E-state index >= 15 is 0 Å².